The number of para-hydroxylation sites is 1. The Morgan fingerprint density at radius 1 is 1.16 bits per heavy atom. The van der Waals surface area contributed by atoms with Crippen LogP contribution in [0.3, 0.4) is 0 Å². The van der Waals surface area contributed by atoms with E-state index in [1.165, 1.54) is 6.33 Å². The molecule has 1 aromatic heterocycles. The van der Waals surface area contributed by atoms with E-state index in [1.807, 2.05) is 61.5 Å². The summed E-state index contributed by atoms with van der Waals surface area (Å²) >= 11 is 0. The van der Waals surface area contributed by atoms with Gasteiger partial charge in [0.2, 0.25) is 5.91 Å². The van der Waals surface area contributed by atoms with Crippen molar-refractivity contribution in [2.75, 3.05) is 6.61 Å². The quantitative estimate of drug-likeness (QED) is 0.720. The molecule has 6 nitrogen and oxygen atoms in total. The van der Waals surface area contributed by atoms with Crippen molar-refractivity contribution in [1.82, 2.24) is 20.1 Å². The van der Waals surface area contributed by atoms with Crippen LogP contribution in [-0.2, 0) is 4.79 Å². The van der Waals surface area contributed by atoms with Crippen molar-refractivity contribution in [2.24, 2.45) is 0 Å². The highest BCUT2D eigenvalue weighted by molar-refractivity contribution is 5.76. The largest absolute Gasteiger partial charge is 0.493 e. The van der Waals surface area contributed by atoms with Crippen molar-refractivity contribution < 1.29 is 9.53 Å². The molecule has 3 rings (SSSR count). The van der Waals surface area contributed by atoms with Crippen LogP contribution in [-0.4, -0.2) is 27.3 Å². The fourth-order valence-electron chi connectivity index (χ4n) is 2.43. The molecule has 0 aliphatic rings. The molecule has 0 fully saturated rings. The number of aromatic nitrogens is 3. The van der Waals surface area contributed by atoms with Gasteiger partial charge in [0, 0.05) is 0 Å². The number of ether oxygens (including phenoxy) is 1. The van der Waals surface area contributed by atoms with Crippen LogP contribution in [0.5, 0.6) is 5.75 Å². The van der Waals surface area contributed by atoms with Gasteiger partial charge in [-0.3, -0.25) is 4.79 Å². The highest BCUT2D eigenvalue weighted by Crippen LogP contribution is 2.15. The monoisotopic (exact) mass is 336 g/mol. The van der Waals surface area contributed by atoms with Crippen molar-refractivity contribution in [3.63, 3.8) is 0 Å². The summed E-state index contributed by atoms with van der Waals surface area (Å²) in [5.41, 5.74) is 1.96. The van der Waals surface area contributed by atoms with Crippen molar-refractivity contribution in [2.45, 2.75) is 19.4 Å². The zero-order valence-corrected chi connectivity index (χ0v) is 14.0. The molecule has 6 heteroatoms. The van der Waals surface area contributed by atoms with Gasteiger partial charge in [-0.2, -0.15) is 5.10 Å². The molecule has 1 amide bonds. The minimum atomic E-state index is -0.0750. The molecule has 0 saturated carbocycles. The summed E-state index contributed by atoms with van der Waals surface area (Å²) in [5.74, 6) is 0.732. The molecule has 1 atom stereocenters. The molecule has 0 unspecified atom stereocenters. The fourth-order valence-corrected chi connectivity index (χ4v) is 2.43. The summed E-state index contributed by atoms with van der Waals surface area (Å²) in [4.78, 5) is 16.0. The fraction of sp³-hybridized carbons (Fsp3) is 0.211. The van der Waals surface area contributed by atoms with Gasteiger partial charge in [-0.15, -0.1) is 0 Å². The second-order valence-corrected chi connectivity index (χ2v) is 5.63. The Labute approximate surface area is 146 Å². The van der Waals surface area contributed by atoms with Crippen molar-refractivity contribution in [3.05, 3.63) is 72.8 Å². The highest BCUT2D eigenvalue weighted by Gasteiger charge is 2.10. The Morgan fingerprint density at radius 2 is 1.92 bits per heavy atom. The first-order valence-electron chi connectivity index (χ1n) is 8.14. The first kappa shape index (κ1) is 16.7. The zero-order valence-electron chi connectivity index (χ0n) is 14.0. The van der Waals surface area contributed by atoms with E-state index in [-0.39, 0.29) is 11.9 Å². The second-order valence-electron chi connectivity index (χ2n) is 5.63. The van der Waals surface area contributed by atoms with E-state index in [2.05, 4.69) is 15.4 Å². The van der Waals surface area contributed by atoms with Crippen LogP contribution < -0.4 is 10.1 Å². The Bertz CT molecular complexity index is 786. The number of nitrogens with one attached hydrogen (secondary N) is 1. The van der Waals surface area contributed by atoms with Crippen LogP contribution in [0.4, 0.5) is 0 Å². The molecule has 0 saturated heterocycles. The van der Waals surface area contributed by atoms with E-state index >= 15 is 0 Å². The number of hydrogen-bond donors (Lipinski definition) is 1. The molecule has 2 aromatic carbocycles. The van der Waals surface area contributed by atoms with Crippen LogP contribution in [0.25, 0.3) is 5.69 Å². The summed E-state index contributed by atoms with van der Waals surface area (Å²) in [5, 5.41) is 7.07. The van der Waals surface area contributed by atoms with Gasteiger partial charge in [0.05, 0.1) is 24.8 Å². The summed E-state index contributed by atoms with van der Waals surface area (Å²) < 4.78 is 7.23. The molecule has 0 aliphatic carbocycles. The van der Waals surface area contributed by atoms with E-state index in [9.17, 15) is 4.79 Å². The van der Waals surface area contributed by atoms with E-state index in [0.29, 0.717) is 13.0 Å². The number of benzene rings is 2. The smallest absolute Gasteiger partial charge is 0.223 e. The van der Waals surface area contributed by atoms with Crippen LogP contribution in [0, 0.1) is 0 Å². The predicted octanol–water partition coefficient (Wildman–Crippen LogP) is 2.91. The molecule has 3 aromatic rings. The Balaban J connectivity index is 1.48. The highest BCUT2D eigenvalue weighted by atomic mass is 16.5. The van der Waals surface area contributed by atoms with Gasteiger partial charge in [-0.05, 0) is 36.8 Å². The van der Waals surface area contributed by atoms with Gasteiger partial charge in [0.15, 0.2) is 0 Å². The molecule has 0 radical (unpaired) electrons. The number of nitrogens with zero attached hydrogens (tertiary/aromatic N) is 3. The van der Waals surface area contributed by atoms with E-state index in [0.717, 1.165) is 17.0 Å². The molecule has 0 bridgehead atoms. The first-order chi connectivity index (χ1) is 12.2. The third kappa shape index (κ3) is 4.67. The van der Waals surface area contributed by atoms with E-state index < -0.39 is 0 Å². The maximum Gasteiger partial charge on any atom is 0.223 e. The number of carbonyl (C=O) groups excluding carboxylic acids is 1. The Hall–Kier alpha value is -3.15. The lowest BCUT2D eigenvalue weighted by Crippen LogP contribution is -2.27. The number of hydrogen-bond acceptors (Lipinski definition) is 4. The Morgan fingerprint density at radius 3 is 2.60 bits per heavy atom. The maximum absolute atomic E-state index is 12.1. The van der Waals surface area contributed by atoms with Crippen LogP contribution >= 0.6 is 0 Å². The van der Waals surface area contributed by atoms with Crippen molar-refractivity contribution >= 4 is 5.91 Å². The lowest BCUT2D eigenvalue weighted by atomic mass is 10.1. The standard InChI is InChI=1S/C19H20N4O2/c1-15(16-7-9-17(10-8-16)23-14-20-13-21-23)22-19(24)11-12-25-18-5-3-2-4-6-18/h2-10,13-15H,11-12H2,1H3,(H,22,24)/t15-/m0/s1. The summed E-state index contributed by atoms with van der Waals surface area (Å²) in [7, 11) is 0. The minimum absolute atomic E-state index is 0.0382. The molecule has 128 valence electrons. The van der Waals surface area contributed by atoms with Crippen LogP contribution in [0.1, 0.15) is 24.9 Å². The Kier molecular flexibility index (Phi) is 5.41. The first-order valence-corrected chi connectivity index (χ1v) is 8.14. The van der Waals surface area contributed by atoms with Crippen molar-refractivity contribution in [3.8, 4) is 11.4 Å². The van der Waals surface area contributed by atoms with Gasteiger partial charge in [0.1, 0.15) is 18.4 Å². The lowest BCUT2D eigenvalue weighted by molar-refractivity contribution is -0.122. The average Bonchev–Trinajstić information content (AvgIpc) is 3.17. The number of amides is 1. The molecule has 1 N–H and O–H groups in total. The maximum atomic E-state index is 12.1. The van der Waals surface area contributed by atoms with Gasteiger partial charge in [0.25, 0.3) is 0 Å². The summed E-state index contributed by atoms with van der Waals surface area (Å²) in [6.45, 7) is 2.31. The van der Waals surface area contributed by atoms with Gasteiger partial charge >= 0.3 is 0 Å². The lowest BCUT2D eigenvalue weighted by Gasteiger charge is -2.15. The molecular weight excluding hydrogens is 316 g/mol. The summed E-state index contributed by atoms with van der Waals surface area (Å²) in [6.07, 6.45) is 3.46. The topological polar surface area (TPSA) is 69.0 Å². The predicted molar refractivity (Wildman–Crippen MR) is 94.5 cm³/mol. The molecular formula is C19H20N4O2. The van der Waals surface area contributed by atoms with Crippen LogP contribution in [0.2, 0.25) is 0 Å². The normalized spacial score (nSPS) is 11.7. The minimum Gasteiger partial charge on any atom is -0.493 e. The third-order valence-corrected chi connectivity index (χ3v) is 3.79. The molecule has 25 heavy (non-hydrogen) atoms. The molecule has 0 aliphatic heterocycles. The average molecular weight is 336 g/mol. The van der Waals surface area contributed by atoms with Crippen LogP contribution in [0.15, 0.2) is 67.3 Å². The molecule has 0 spiro atoms. The van der Waals surface area contributed by atoms with E-state index in [4.69, 9.17) is 4.74 Å². The van der Waals surface area contributed by atoms with E-state index in [1.54, 1.807) is 11.0 Å². The summed E-state index contributed by atoms with van der Waals surface area (Å²) in [6, 6.07) is 17.3. The van der Waals surface area contributed by atoms with Gasteiger partial charge in [-0.1, -0.05) is 30.3 Å². The SMILES string of the molecule is C[C@H](NC(=O)CCOc1ccccc1)c1ccc(-n2cncn2)cc1. The van der Waals surface area contributed by atoms with Gasteiger partial charge in [-0.25, -0.2) is 9.67 Å². The molecule has 1 heterocycles. The number of rotatable bonds is 7. The third-order valence-electron chi connectivity index (χ3n) is 3.79. The van der Waals surface area contributed by atoms with Gasteiger partial charge < -0.3 is 10.1 Å². The number of carbonyl (C=O) groups is 1. The van der Waals surface area contributed by atoms with Crippen molar-refractivity contribution in [1.29, 1.82) is 0 Å². The zero-order chi connectivity index (χ0) is 17.5. The second kappa shape index (κ2) is 8.10.